The highest BCUT2D eigenvalue weighted by Crippen LogP contribution is 2.27. The SMILES string of the molecule is COc1ccc(/C=C/C(=O)OCC(=O)Nc2c(F)c(F)c(F)c(F)c2F)cc1. The highest BCUT2D eigenvalue weighted by Gasteiger charge is 2.26. The van der Waals surface area contributed by atoms with E-state index in [0.717, 1.165) is 6.08 Å². The van der Waals surface area contributed by atoms with Crippen molar-refractivity contribution in [2.75, 3.05) is 19.0 Å². The summed E-state index contributed by atoms with van der Waals surface area (Å²) < 4.78 is 75.5. The van der Waals surface area contributed by atoms with Crippen LogP contribution in [0.5, 0.6) is 5.75 Å². The molecule has 2 aromatic carbocycles. The summed E-state index contributed by atoms with van der Waals surface area (Å²) in [5, 5.41) is 1.48. The molecule has 0 heterocycles. The maximum Gasteiger partial charge on any atom is 0.331 e. The molecule has 0 saturated heterocycles. The summed E-state index contributed by atoms with van der Waals surface area (Å²) in [4.78, 5) is 23.1. The topological polar surface area (TPSA) is 64.6 Å². The Labute approximate surface area is 155 Å². The monoisotopic (exact) mass is 401 g/mol. The average Bonchev–Trinajstić information content (AvgIpc) is 2.71. The Kier molecular flexibility index (Phi) is 6.69. The van der Waals surface area contributed by atoms with E-state index >= 15 is 0 Å². The quantitative estimate of drug-likeness (QED) is 0.264. The molecule has 0 fully saturated rings. The van der Waals surface area contributed by atoms with Gasteiger partial charge in [0.05, 0.1) is 7.11 Å². The number of hydrogen-bond acceptors (Lipinski definition) is 4. The van der Waals surface area contributed by atoms with E-state index in [-0.39, 0.29) is 0 Å². The highest BCUT2D eigenvalue weighted by atomic mass is 19.2. The van der Waals surface area contributed by atoms with E-state index in [2.05, 4.69) is 4.74 Å². The predicted octanol–water partition coefficient (Wildman–Crippen LogP) is 3.59. The van der Waals surface area contributed by atoms with Crippen LogP contribution in [0.15, 0.2) is 30.3 Å². The molecule has 0 saturated carbocycles. The van der Waals surface area contributed by atoms with E-state index in [9.17, 15) is 31.5 Å². The molecule has 0 aromatic heterocycles. The lowest BCUT2D eigenvalue weighted by molar-refractivity contribution is -0.142. The van der Waals surface area contributed by atoms with Crippen molar-refractivity contribution in [2.24, 2.45) is 0 Å². The van der Waals surface area contributed by atoms with E-state index in [4.69, 9.17) is 4.74 Å². The number of benzene rings is 2. The van der Waals surface area contributed by atoms with Crippen LogP contribution in [0.1, 0.15) is 5.56 Å². The number of ether oxygens (including phenoxy) is 2. The molecule has 0 radical (unpaired) electrons. The first kappa shape index (κ1) is 20.9. The molecule has 5 nitrogen and oxygen atoms in total. The van der Waals surface area contributed by atoms with Gasteiger partial charge in [-0.3, -0.25) is 4.79 Å². The highest BCUT2D eigenvalue weighted by molar-refractivity contribution is 5.94. The van der Waals surface area contributed by atoms with Crippen LogP contribution >= 0.6 is 0 Å². The molecule has 2 rings (SSSR count). The number of halogens is 5. The summed E-state index contributed by atoms with van der Waals surface area (Å²) >= 11 is 0. The fourth-order valence-corrected chi connectivity index (χ4v) is 1.95. The van der Waals surface area contributed by atoms with Gasteiger partial charge in [0, 0.05) is 6.08 Å². The van der Waals surface area contributed by atoms with Crippen LogP contribution in [0.4, 0.5) is 27.6 Å². The minimum Gasteiger partial charge on any atom is -0.497 e. The van der Waals surface area contributed by atoms with E-state index in [1.807, 2.05) is 0 Å². The summed E-state index contributed by atoms with van der Waals surface area (Å²) in [6.45, 7) is -1.01. The molecule has 0 atom stereocenters. The second-order valence-corrected chi connectivity index (χ2v) is 5.21. The van der Waals surface area contributed by atoms with Gasteiger partial charge in [0.2, 0.25) is 5.82 Å². The lowest BCUT2D eigenvalue weighted by atomic mass is 10.2. The Hall–Kier alpha value is -3.43. The lowest BCUT2D eigenvalue weighted by Gasteiger charge is -2.09. The van der Waals surface area contributed by atoms with Crippen LogP contribution in [0, 0.1) is 29.1 Å². The summed E-state index contributed by atoms with van der Waals surface area (Å²) in [6.07, 6.45) is 2.34. The Morgan fingerprint density at radius 3 is 2.00 bits per heavy atom. The molecule has 10 heteroatoms. The number of carbonyl (C=O) groups excluding carboxylic acids is 2. The van der Waals surface area contributed by atoms with Gasteiger partial charge in [-0.2, -0.15) is 0 Å². The van der Waals surface area contributed by atoms with Crippen molar-refractivity contribution >= 4 is 23.6 Å². The molecule has 0 spiro atoms. The van der Waals surface area contributed by atoms with Gasteiger partial charge in [-0.1, -0.05) is 12.1 Å². The predicted molar refractivity (Wildman–Crippen MR) is 87.8 cm³/mol. The third kappa shape index (κ3) is 4.84. The van der Waals surface area contributed by atoms with Crippen LogP contribution in [0.3, 0.4) is 0 Å². The van der Waals surface area contributed by atoms with Crippen LogP contribution < -0.4 is 10.1 Å². The third-order valence-corrected chi connectivity index (χ3v) is 3.35. The molecule has 28 heavy (non-hydrogen) atoms. The van der Waals surface area contributed by atoms with Crippen molar-refractivity contribution in [3.05, 3.63) is 65.0 Å². The van der Waals surface area contributed by atoms with Crippen molar-refractivity contribution in [3.8, 4) is 5.75 Å². The molecule has 0 unspecified atom stereocenters. The molecular weight excluding hydrogens is 389 g/mol. The number of nitrogens with one attached hydrogen (secondary N) is 1. The van der Waals surface area contributed by atoms with Gasteiger partial charge in [0.15, 0.2) is 29.9 Å². The summed E-state index contributed by atoms with van der Waals surface area (Å²) in [5.74, 6) is -12.9. The molecule has 0 aliphatic rings. The molecule has 2 aromatic rings. The van der Waals surface area contributed by atoms with E-state index in [1.165, 1.54) is 18.5 Å². The standard InChI is InChI=1S/C18H12F5NO4/c1-27-10-5-2-9(3-6-10)4-7-12(26)28-8-11(25)24-18-16(22)14(20)13(19)15(21)17(18)23/h2-7H,8H2,1H3,(H,24,25)/b7-4+. The fraction of sp³-hybridized carbons (Fsp3) is 0.111. The van der Waals surface area contributed by atoms with Gasteiger partial charge in [-0.15, -0.1) is 0 Å². The maximum absolute atomic E-state index is 13.5. The van der Waals surface area contributed by atoms with Gasteiger partial charge in [0.25, 0.3) is 5.91 Å². The van der Waals surface area contributed by atoms with Crippen molar-refractivity contribution in [1.82, 2.24) is 0 Å². The summed E-state index contributed by atoms with van der Waals surface area (Å²) in [6, 6.07) is 6.56. The molecule has 1 amide bonds. The number of anilines is 1. The molecule has 148 valence electrons. The molecular formula is C18H12F5NO4. The first-order valence-corrected chi connectivity index (χ1v) is 7.54. The van der Waals surface area contributed by atoms with Crippen LogP contribution in [-0.2, 0) is 14.3 Å². The van der Waals surface area contributed by atoms with Gasteiger partial charge >= 0.3 is 5.97 Å². The van der Waals surface area contributed by atoms with Gasteiger partial charge in [-0.05, 0) is 23.8 Å². The average molecular weight is 401 g/mol. The van der Waals surface area contributed by atoms with Crippen LogP contribution in [0.25, 0.3) is 6.08 Å². The fourth-order valence-electron chi connectivity index (χ4n) is 1.95. The summed E-state index contributed by atoms with van der Waals surface area (Å²) in [7, 11) is 1.49. The van der Waals surface area contributed by atoms with Gasteiger partial charge < -0.3 is 14.8 Å². The van der Waals surface area contributed by atoms with Gasteiger partial charge in [-0.25, -0.2) is 26.7 Å². The molecule has 0 aliphatic heterocycles. The zero-order valence-electron chi connectivity index (χ0n) is 14.2. The number of hydrogen-bond donors (Lipinski definition) is 1. The van der Waals surface area contributed by atoms with Crippen LogP contribution in [-0.4, -0.2) is 25.6 Å². The minimum absolute atomic E-state index is 0.601. The number of methoxy groups -OCH3 is 1. The Balaban J connectivity index is 1.95. The molecule has 1 N–H and O–H groups in total. The van der Waals surface area contributed by atoms with E-state index in [0.29, 0.717) is 11.3 Å². The first-order chi connectivity index (χ1) is 13.2. The largest absolute Gasteiger partial charge is 0.497 e. The van der Waals surface area contributed by atoms with E-state index in [1.54, 1.807) is 24.3 Å². The van der Waals surface area contributed by atoms with Crippen molar-refractivity contribution in [1.29, 1.82) is 0 Å². The van der Waals surface area contributed by atoms with Crippen molar-refractivity contribution in [3.63, 3.8) is 0 Å². The van der Waals surface area contributed by atoms with Crippen LogP contribution in [0.2, 0.25) is 0 Å². The lowest BCUT2D eigenvalue weighted by Crippen LogP contribution is -2.22. The maximum atomic E-state index is 13.5. The number of amides is 1. The van der Waals surface area contributed by atoms with E-state index < -0.39 is 53.3 Å². The molecule has 0 aliphatic carbocycles. The Morgan fingerprint density at radius 1 is 0.929 bits per heavy atom. The van der Waals surface area contributed by atoms with Crippen molar-refractivity contribution in [2.45, 2.75) is 0 Å². The first-order valence-electron chi connectivity index (χ1n) is 7.54. The second kappa shape index (κ2) is 8.98. The smallest absolute Gasteiger partial charge is 0.331 e. The normalized spacial score (nSPS) is 10.8. The number of carbonyl (C=O) groups is 2. The zero-order valence-corrected chi connectivity index (χ0v) is 14.2. The number of esters is 1. The second-order valence-electron chi connectivity index (χ2n) is 5.21. The minimum atomic E-state index is -2.36. The zero-order chi connectivity index (χ0) is 20.8. The Morgan fingerprint density at radius 2 is 1.46 bits per heavy atom. The molecule has 0 bridgehead atoms. The number of rotatable bonds is 6. The van der Waals surface area contributed by atoms with Crippen molar-refractivity contribution < 1.29 is 41.0 Å². The Bertz CT molecular complexity index is 900. The summed E-state index contributed by atoms with van der Waals surface area (Å²) in [5.41, 5.74) is -0.921. The van der Waals surface area contributed by atoms with Gasteiger partial charge in [0.1, 0.15) is 11.4 Å². The third-order valence-electron chi connectivity index (χ3n) is 3.35.